The fourth-order valence-electron chi connectivity index (χ4n) is 1.96. The first-order valence-corrected chi connectivity index (χ1v) is 7.03. The predicted molar refractivity (Wildman–Crippen MR) is 70.4 cm³/mol. The maximum atomic E-state index is 2.38. The van der Waals surface area contributed by atoms with Gasteiger partial charge in [0.1, 0.15) is 0 Å². The Balaban J connectivity index is 2.51. The van der Waals surface area contributed by atoms with Crippen LogP contribution in [-0.2, 0) is 6.42 Å². The van der Waals surface area contributed by atoms with Gasteiger partial charge in [0.15, 0.2) is 0 Å². The largest absolute Gasteiger partial charge is 0.149 e. The molecule has 1 aromatic heterocycles. The number of thiophene rings is 1. The van der Waals surface area contributed by atoms with Crippen LogP contribution in [-0.4, -0.2) is 0 Å². The molecule has 2 unspecified atom stereocenters. The van der Waals surface area contributed by atoms with E-state index >= 15 is 0 Å². The molecule has 1 aromatic rings. The van der Waals surface area contributed by atoms with Crippen molar-refractivity contribution in [2.45, 2.75) is 47.0 Å². The lowest BCUT2D eigenvalue weighted by Gasteiger charge is -2.23. The molecule has 2 atom stereocenters. The fraction of sp³-hybridized carbons (Fsp3) is 0.714. The Morgan fingerprint density at radius 2 is 2.00 bits per heavy atom. The van der Waals surface area contributed by atoms with Crippen molar-refractivity contribution in [2.75, 3.05) is 0 Å². The van der Waals surface area contributed by atoms with Gasteiger partial charge in [0.25, 0.3) is 0 Å². The van der Waals surface area contributed by atoms with E-state index in [0.29, 0.717) is 0 Å². The van der Waals surface area contributed by atoms with Crippen molar-refractivity contribution in [1.29, 1.82) is 0 Å². The van der Waals surface area contributed by atoms with E-state index in [0.717, 1.165) is 17.8 Å². The van der Waals surface area contributed by atoms with Crippen LogP contribution in [0.25, 0.3) is 0 Å². The second-order valence-electron chi connectivity index (χ2n) is 5.04. The van der Waals surface area contributed by atoms with Gasteiger partial charge in [-0.05, 0) is 42.0 Å². The van der Waals surface area contributed by atoms with E-state index < -0.39 is 0 Å². The Hall–Kier alpha value is -0.300. The molecule has 0 radical (unpaired) electrons. The quantitative estimate of drug-likeness (QED) is 0.638. The highest BCUT2D eigenvalue weighted by atomic mass is 32.1. The topological polar surface area (TPSA) is 0 Å². The third kappa shape index (κ3) is 4.38. The third-order valence-electron chi connectivity index (χ3n) is 3.39. The molecule has 86 valence electrons. The summed E-state index contributed by atoms with van der Waals surface area (Å²) in [4.78, 5) is 1.55. The van der Waals surface area contributed by atoms with Crippen molar-refractivity contribution in [2.24, 2.45) is 17.8 Å². The van der Waals surface area contributed by atoms with Gasteiger partial charge >= 0.3 is 0 Å². The summed E-state index contributed by atoms with van der Waals surface area (Å²) >= 11 is 1.90. The number of hydrogen-bond acceptors (Lipinski definition) is 1. The lowest BCUT2D eigenvalue weighted by molar-refractivity contribution is 0.302. The predicted octanol–water partition coefficient (Wildman–Crippen LogP) is 5.00. The van der Waals surface area contributed by atoms with Crippen LogP contribution in [0.1, 0.15) is 45.4 Å². The monoisotopic (exact) mass is 224 g/mol. The second kappa shape index (κ2) is 6.32. The maximum absolute atomic E-state index is 2.38. The molecular weight excluding hydrogens is 200 g/mol. The third-order valence-corrected chi connectivity index (χ3v) is 4.29. The highest BCUT2D eigenvalue weighted by molar-refractivity contribution is 7.09. The van der Waals surface area contributed by atoms with Gasteiger partial charge in [-0.1, -0.05) is 40.2 Å². The Bertz CT molecular complexity index is 248. The molecule has 0 saturated carbocycles. The van der Waals surface area contributed by atoms with E-state index in [9.17, 15) is 0 Å². The van der Waals surface area contributed by atoms with Gasteiger partial charge < -0.3 is 0 Å². The van der Waals surface area contributed by atoms with Crippen molar-refractivity contribution >= 4 is 11.3 Å². The molecule has 1 heteroatoms. The van der Waals surface area contributed by atoms with Crippen LogP contribution in [0.15, 0.2) is 17.5 Å². The zero-order valence-electron chi connectivity index (χ0n) is 10.5. The minimum atomic E-state index is 0.807. The van der Waals surface area contributed by atoms with Gasteiger partial charge in [0, 0.05) is 4.88 Å². The van der Waals surface area contributed by atoms with Crippen molar-refractivity contribution < 1.29 is 0 Å². The molecule has 15 heavy (non-hydrogen) atoms. The standard InChI is InChI=1S/C14H24S/c1-5-12(4)9-13(11(2)3)10-14-7-6-8-15-14/h6-8,11-13H,5,9-10H2,1-4H3. The van der Waals surface area contributed by atoms with Crippen molar-refractivity contribution in [3.8, 4) is 0 Å². The molecule has 0 aromatic carbocycles. The van der Waals surface area contributed by atoms with E-state index in [4.69, 9.17) is 0 Å². The van der Waals surface area contributed by atoms with Crippen LogP contribution in [0.2, 0.25) is 0 Å². The molecule has 0 spiro atoms. The van der Waals surface area contributed by atoms with Gasteiger partial charge in [-0.2, -0.15) is 0 Å². The molecule has 0 aliphatic carbocycles. The lowest BCUT2D eigenvalue weighted by Crippen LogP contribution is -2.14. The van der Waals surface area contributed by atoms with Crippen LogP contribution < -0.4 is 0 Å². The number of hydrogen-bond donors (Lipinski definition) is 0. The normalized spacial score (nSPS) is 15.5. The summed E-state index contributed by atoms with van der Waals surface area (Å²) in [6.07, 6.45) is 3.97. The van der Waals surface area contributed by atoms with E-state index in [-0.39, 0.29) is 0 Å². The summed E-state index contributed by atoms with van der Waals surface area (Å²) < 4.78 is 0. The zero-order valence-corrected chi connectivity index (χ0v) is 11.3. The molecule has 0 amide bonds. The van der Waals surface area contributed by atoms with Crippen molar-refractivity contribution in [3.05, 3.63) is 22.4 Å². The minimum absolute atomic E-state index is 0.807. The Morgan fingerprint density at radius 3 is 2.47 bits per heavy atom. The fourth-order valence-corrected chi connectivity index (χ4v) is 2.76. The molecule has 0 bridgehead atoms. The summed E-state index contributed by atoms with van der Waals surface area (Å²) in [6.45, 7) is 9.40. The van der Waals surface area contributed by atoms with E-state index in [1.165, 1.54) is 19.3 Å². The molecule has 0 nitrogen and oxygen atoms in total. The molecule has 0 fully saturated rings. The van der Waals surface area contributed by atoms with Crippen LogP contribution in [0.3, 0.4) is 0 Å². The Labute approximate surface area is 98.7 Å². The van der Waals surface area contributed by atoms with E-state index in [1.54, 1.807) is 4.88 Å². The molecule has 0 aliphatic heterocycles. The molecule has 0 N–H and O–H groups in total. The molecule has 1 rings (SSSR count). The smallest absolute Gasteiger partial charge is 0.00480 e. The summed E-state index contributed by atoms with van der Waals surface area (Å²) in [5, 5.41) is 2.19. The van der Waals surface area contributed by atoms with E-state index in [1.807, 2.05) is 11.3 Å². The lowest BCUT2D eigenvalue weighted by atomic mass is 9.83. The maximum Gasteiger partial charge on any atom is 0.00480 e. The average Bonchev–Trinajstić information content (AvgIpc) is 2.69. The Kier molecular flexibility index (Phi) is 5.38. The van der Waals surface area contributed by atoms with Gasteiger partial charge in [0.05, 0.1) is 0 Å². The molecule has 0 aliphatic rings. The SMILES string of the molecule is CCC(C)CC(Cc1cccs1)C(C)C. The van der Waals surface area contributed by atoms with Crippen molar-refractivity contribution in [3.63, 3.8) is 0 Å². The molecular formula is C14H24S. The highest BCUT2D eigenvalue weighted by Gasteiger charge is 2.17. The summed E-state index contributed by atoms with van der Waals surface area (Å²) in [7, 11) is 0. The van der Waals surface area contributed by atoms with Crippen LogP contribution in [0.5, 0.6) is 0 Å². The summed E-state index contributed by atoms with van der Waals surface area (Å²) in [5.41, 5.74) is 0. The average molecular weight is 224 g/mol. The molecule has 1 heterocycles. The van der Waals surface area contributed by atoms with Crippen molar-refractivity contribution in [1.82, 2.24) is 0 Å². The minimum Gasteiger partial charge on any atom is -0.149 e. The second-order valence-corrected chi connectivity index (χ2v) is 6.07. The van der Waals surface area contributed by atoms with Crippen LogP contribution in [0.4, 0.5) is 0 Å². The zero-order chi connectivity index (χ0) is 11.3. The highest BCUT2D eigenvalue weighted by Crippen LogP contribution is 2.27. The first-order valence-electron chi connectivity index (χ1n) is 6.15. The number of rotatable bonds is 6. The van der Waals surface area contributed by atoms with Crippen LogP contribution in [0, 0.1) is 17.8 Å². The summed E-state index contributed by atoms with van der Waals surface area (Å²) in [6, 6.07) is 4.44. The van der Waals surface area contributed by atoms with E-state index in [2.05, 4.69) is 45.2 Å². The first-order chi connectivity index (χ1) is 7.13. The molecule has 0 saturated heterocycles. The van der Waals surface area contributed by atoms with Gasteiger partial charge in [-0.25, -0.2) is 0 Å². The summed E-state index contributed by atoms with van der Waals surface area (Å²) in [5.74, 6) is 2.54. The first kappa shape index (κ1) is 12.8. The van der Waals surface area contributed by atoms with Gasteiger partial charge in [-0.15, -0.1) is 11.3 Å². The van der Waals surface area contributed by atoms with Crippen LogP contribution >= 0.6 is 11.3 Å². The van der Waals surface area contributed by atoms with Gasteiger partial charge in [0.2, 0.25) is 0 Å². The Morgan fingerprint density at radius 1 is 1.27 bits per heavy atom. The van der Waals surface area contributed by atoms with Gasteiger partial charge in [-0.3, -0.25) is 0 Å².